The molecule has 35 heavy (non-hydrogen) atoms. The first-order valence-electron chi connectivity index (χ1n) is 11.5. The van der Waals surface area contributed by atoms with E-state index in [0.29, 0.717) is 38.2 Å². The molecule has 2 aromatic rings. The standard InChI is InChI=1S/C26H23BrCl2N2O4/c1-2-34-21-10-14(9-19(27)24(21)35-13-17-7-8-18(28)11-20(17)29)12-30-31-25(32)22-15-3-4-16(6-5-15)23(22)26(31)33/h3-4,7-12,15-16,22-23H,2,5-6,13H2,1H3/t15-,16-,22+,23+/m0/s1. The Bertz CT molecular complexity index is 1220. The van der Waals surface area contributed by atoms with Gasteiger partial charge in [-0.2, -0.15) is 10.1 Å². The van der Waals surface area contributed by atoms with Crippen LogP contribution in [0.5, 0.6) is 11.5 Å². The van der Waals surface area contributed by atoms with Crippen molar-refractivity contribution in [1.82, 2.24) is 5.01 Å². The molecule has 6 rings (SSSR count). The quantitative estimate of drug-likeness (QED) is 0.221. The van der Waals surface area contributed by atoms with Gasteiger partial charge >= 0.3 is 0 Å². The van der Waals surface area contributed by atoms with Crippen molar-refractivity contribution in [3.63, 3.8) is 0 Å². The van der Waals surface area contributed by atoms with Gasteiger partial charge in [0.2, 0.25) is 0 Å². The van der Waals surface area contributed by atoms with Crippen molar-refractivity contribution in [2.45, 2.75) is 26.4 Å². The van der Waals surface area contributed by atoms with E-state index in [1.165, 1.54) is 6.21 Å². The molecule has 4 aliphatic rings. The van der Waals surface area contributed by atoms with Crippen molar-refractivity contribution in [3.8, 4) is 11.5 Å². The molecule has 2 bridgehead atoms. The minimum absolute atomic E-state index is 0.130. The fourth-order valence-electron chi connectivity index (χ4n) is 5.15. The second-order valence-electron chi connectivity index (χ2n) is 8.86. The molecule has 2 amide bonds. The monoisotopic (exact) mass is 576 g/mol. The number of halogens is 3. The molecule has 1 heterocycles. The number of allylic oxidation sites excluding steroid dienone is 2. The number of hydrogen-bond acceptors (Lipinski definition) is 5. The molecule has 182 valence electrons. The van der Waals surface area contributed by atoms with Gasteiger partial charge in [0.15, 0.2) is 11.5 Å². The van der Waals surface area contributed by atoms with Crippen molar-refractivity contribution in [2.24, 2.45) is 28.8 Å². The molecular formula is C26H23BrCl2N2O4. The smallest absolute Gasteiger partial charge is 0.254 e. The predicted molar refractivity (Wildman–Crippen MR) is 138 cm³/mol. The van der Waals surface area contributed by atoms with E-state index < -0.39 is 0 Å². The number of benzene rings is 2. The molecule has 3 aliphatic carbocycles. The number of rotatable bonds is 7. The molecule has 1 aliphatic heterocycles. The summed E-state index contributed by atoms with van der Waals surface area (Å²) in [7, 11) is 0. The van der Waals surface area contributed by atoms with E-state index in [-0.39, 0.29) is 42.1 Å². The molecule has 0 spiro atoms. The zero-order valence-electron chi connectivity index (χ0n) is 18.9. The van der Waals surface area contributed by atoms with E-state index in [4.69, 9.17) is 32.7 Å². The van der Waals surface area contributed by atoms with Crippen molar-refractivity contribution in [2.75, 3.05) is 6.61 Å². The van der Waals surface area contributed by atoms with E-state index in [0.717, 1.165) is 23.4 Å². The van der Waals surface area contributed by atoms with Gasteiger partial charge in [-0.3, -0.25) is 9.59 Å². The van der Waals surface area contributed by atoms with Crippen LogP contribution in [-0.4, -0.2) is 29.6 Å². The highest BCUT2D eigenvalue weighted by molar-refractivity contribution is 9.10. The predicted octanol–water partition coefficient (Wildman–Crippen LogP) is 6.26. The van der Waals surface area contributed by atoms with Crippen LogP contribution in [0.2, 0.25) is 10.0 Å². The molecular weight excluding hydrogens is 555 g/mol. The van der Waals surface area contributed by atoms with Crippen molar-refractivity contribution < 1.29 is 19.1 Å². The lowest BCUT2D eigenvalue weighted by molar-refractivity contribution is -0.140. The number of carbonyl (C=O) groups excluding carboxylic acids is 2. The van der Waals surface area contributed by atoms with Crippen LogP contribution in [0.1, 0.15) is 30.9 Å². The molecule has 2 aromatic carbocycles. The maximum atomic E-state index is 13.0. The number of fused-ring (bicyclic) bond motifs is 1. The summed E-state index contributed by atoms with van der Waals surface area (Å²) in [4.78, 5) is 26.0. The third kappa shape index (κ3) is 4.61. The van der Waals surface area contributed by atoms with E-state index in [1.807, 2.05) is 13.0 Å². The van der Waals surface area contributed by atoms with E-state index in [1.54, 1.807) is 24.3 Å². The maximum absolute atomic E-state index is 13.0. The van der Waals surface area contributed by atoms with Crippen LogP contribution in [0.3, 0.4) is 0 Å². The summed E-state index contributed by atoms with van der Waals surface area (Å²) in [6.07, 6.45) is 7.60. The summed E-state index contributed by atoms with van der Waals surface area (Å²) >= 11 is 15.8. The zero-order valence-corrected chi connectivity index (χ0v) is 22.0. The molecule has 6 nitrogen and oxygen atoms in total. The van der Waals surface area contributed by atoms with Gasteiger partial charge in [-0.05, 0) is 77.4 Å². The van der Waals surface area contributed by atoms with Crippen LogP contribution >= 0.6 is 39.1 Å². The number of imide groups is 1. The van der Waals surface area contributed by atoms with Gasteiger partial charge in [0.05, 0.1) is 29.1 Å². The third-order valence-electron chi connectivity index (χ3n) is 6.78. The van der Waals surface area contributed by atoms with Gasteiger partial charge in [0, 0.05) is 15.6 Å². The Morgan fingerprint density at radius 2 is 1.74 bits per heavy atom. The maximum Gasteiger partial charge on any atom is 0.254 e. The summed E-state index contributed by atoms with van der Waals surface area (Å²) in [5.74, 6) is 0.282. The average molecular weight is 578 g/mol. The number of carbonyl (C=O) groups is 2. The molecule has 0 unspecified atom stereocenters. The lowest BCUT2D eigenvalue weighted by Crippen LogP contribution is -2.38. The Hall–Kier alpha value is -2.35. The van der Waals surface area contributed by atoms with Gasteiger partial charge < -0.3 is 9.47 Å². The first kappa shape index (κ1) is 24.3. The van der Waals surface area contributed by atoms with Crippen LogP contribution in [0, 0.1) is 23.7 Å². The fraction of sp³-hybridized carbons (Fsp3) is 0.346. The first-order chi connectivity index (χ1) is 16.9. The summed E-state index contributed by atoms with van der Waals surface area (Å²) in [6, 6.07) is 8.79. The largest absolute Gasteiger partial charge is 0.490 e. The van der Waals surface area contributed by atoms with E-state index >= 15 is 0 Å². The second-order valence-corrected chi connectivity index (χ2v) is 10.6. The molecule has 9 heteroatoms. The number of ether oxygens (including phenoxy) is 2. The van der Waals surface area contributed by atoms with Crippen molar-refractivity contribution >= 4 is 57.2 Å². The number of hydrazone groups is 1. The molecule has 1 saturated carbocycles. The molecule has 0 N–H and O–H groups in total. The van der Waals surface area contributed by atoms with Crippen molar-refractivity contribution in [3.05, 3.63) is 68.1 Å². The Balaban J connectivity index is 1.36. The lowest BCUT2D eigenvalue weighted by Gasteiger charge is -2.37. The topological polar surface area (TPSA) is 68.2 Å². The Morgan fingerprint density at radius 3 is 2.34 bits per heavy atom. The van der Waals surface area contributed by atoms with Crippen LogP contribution in [0.4, 0.5) is 0 Å². The van der Waals surface area contributed by atoms with Gasteiger partial charge in [-0.1, -0.05) is 41.4 Å². The van der Waals surface area contributed by atoms with E-state index in [9.17, 15) is 9.59 Å². The van der Waals surface area contributed by atoms with Gasteiger partial charge in [-0.15, -0.1) is 0 Å². The lowest BCUT2D eigenvalue weighted by atomic mass is 9.63. The second kappa shape index (κ2) is 9.96. The SMILES string of the molecule is CCOc1cc(C=NN2C(=O)[C@H]3[C@H](C2=O)[C@H]2C=C[C@H]3CC2)cc(Br)c1OCc1ccc(Cl)cc1Cl. The minimum atomic E-state index is -0.287. The molecule has 2 fully saturated rings. The average Bonchev–Trinajstić information content (AvgIpc) is 3.11. The minimum Gasteiger partial charge on any atom is -0.490 e. The fourth-order valence-corrected chi connectivity index (χ4v) is 6.19. The normalized spacial score (nSPS) is 25.0. The van der Waals surface area contributed by atoms with Gasteiger partial charge in [0.1, 0.15) is 6.61 Å². The summed E-state index contributed by atoms with van der Waals surface area (Å²) in [5, 5.41) is 6.41. The third-order valence-corrected chi connectivity index (χ3v) is 7.95. The Kier molecular flexibility index (Phi) is 6.93. The van der Waals surface area contributed by atoms with Crippen molar-refractivity contribution in [1.29, 1.82) is 0 Å². The van der Waals surface area contributed by atoms with Crippen LogP contribution in [0.25, 0.3) is 0 Å². The summed E-state index contributed by atoms with van der Waals surface area (Å²) in [5.41, 5.74) is 1.45. The van der Waals surface area contributed by atoms with Gasteiger partial charge in [0.25, 0.3) is 11.8 Å². The highest BCUT2D eigenvalue weighted by atomic mass is 79.9. The molecule has 0 aromatic heterocycles. The Labute approximate surface area is 222 Å². The van der Waals surface area contributed by atoms with Crippen LogP contribution < -0.4 is 9.47 Å². The van der Waals surface area contributed by atoms with Crippen LogP contribution in [-0.2, 0) is 16.2 Å². The van der Waals surface area contributed by atoms with Crippen LogP contribution in [0.15, 0.2) is 52.1 Å². The summed E-state index contributed by atoms with van der Waals surface area (Å²) < 4.78 is 12.5. The first-order valence-corrected chi connectivity index (χ1v) is 13.1. The van der Waals surface area contributed by atoms with E-state index in [2.05, 4.69) is 33.2 Å². The highest BCUT2D eigenvalue weighted by Gasteiger charge is 2.56. The summed E-state index contributed by atoms with van der Waals surface area (Å²) in [6.45, 7) is 2.52. The molecule has 1 saturated heterocycles. The molecule has 4 atom stereocenters. The molecule has 0 radical (unpaired) electrons. The highest BCUT2D eigenvalue weighted by Crippen LogP contribution is 2.49. The Morgan fingerprint density at radius 1 is 1.06 bits per heavy atom. The zero-order chi connectivity index (χ0) is 24.7. The van der Waals surface area contributed by atoms with Gasteiger partial charge in [-0.25, -0.2) is 0 Å². The number of hydrogen-bond donors (Lipinski definition) is 0. The number of nitrogens with zero attached hydrogens (tertiary/aromatic N) is 2. The number of amides is 2.